The lowest BCUT2D eigenvalue weighted by Crippen LogP contribution is -2.23. The number of esters is 1. The Morgan fingerprint density at radius 1 is 1.25 bits per heavy atom. The van der Waals surface area contributed by atoms with E-state index in [9.17, 15) is 9.59 Å². The van der Waals surface area contributed by atoms with Gasteiger partial charge in [0, 0.05) is 13.5 Å². The third kappa shape index (κ3) is 3.09. The van der Waals surface area contributed by atoms with Gasteiger partial charge in [-0.25, -0.2) is 9.59 Å². The van der Waals surface area contributed by atoms with E-state index in [2.05, 4.69) is 10.4 Å². The lowest BCUT2D eigenvalue weighted by molar-refractivity contribution is 0.0608. The van der Waals surface area contributed by atoms with Gasteiger partial charge in [0.1, 0.15) is 11.4 Å². The number of halogens is 2. The van der Waals surface area contributed by atoms with Gasteiger partial charge in [-0.1, -0.05) is 23.2 Å². The Hall–Kier alpha value is -2.12. The molecule has 1 aromatic heterocycles. The third-order valence-corrected chi connectivity index (χ3v) is 4.38. The Kier molecular flexibility index (Phi) is 4.73. The number of carbonyl (C=O) groups excluding carboxylic acids is 1. The van der Waals surface area contributed by atoms with Crippen molar-refractivity contribution in [3.8, 4) is 5.69 Å². The maximum Gasteiger partial charge on any atom is 0.368 e. The fourth-order valence-corrected chi connectivity index (χ4v) is 3.03. The van der Waals surface area contributed by atoms with Crippen molar-refractivity contribution >= 4 is 29.2 Å². The monoisotopic (exact) mass is 368 g/mol. The third-order valence-electron chi connectivity index (χ3n) is 3.69. The van der Waals surface area contributed by atoms with Crippen molar-refractivity contribution in [2.45, 2.75) is 25.7 Å². The van der Waals surface area contributed by atoms with E-state index in [0.717, 1.165) is 28.6 Å². The van der Waals surface area contributed by atoms with E-state index in [0.29, 0.717) is 12.2 Å². The summed E-state index contributed by atoms with van der Waals surface area (Å²) in [4.78, 5) is 24.4. The predicted molar refractivity (Wildman–Crippen MR) is 88.6 cm³/mol. The summed E-state index contributed by atoms with van der Waals surface area (Å²) in [5.41, 5.74) is -0.317. The van der Waals surface area contributed by atoms with Crippen LogP contribution in [0.15, 0.2) is 28.8 Å². The van der Waals surface area contributed by atoms with Gasteiger partial charge >= 0.3 is 11.7 Å². The summed E-state index contributed by atoms with van der Waals surface area (Å²) in [7, 11) is 1.45. The molecule has 0 atom stereocenters. The van der Waals surface area contributed by atoms with E-state index in [1.54, 1.807) is 0 Å². The Labute approximate surface area is 147 Å². The molecule has 9 heteroatoms. The molecule has 1 aliphatic carbocycles. The Balaban J connectivity index is 2.00. The van der Waals surface area contributed by atoms with Crippen molar-refractivity contribution in [2.24, 2.45) is 7.05 Å². The van der Waals surface area contributed by atoms with Gasteiger partial charge in [0.25, 0.3) is 0 Å². The van der Waals surface area contributed by atoms with Gasteiger partial charge in [0.05, 0.1) is 15.6 Å². The number of carbonyl (C=O) groups is 1. The van der Waals surface area contributed by atoms with Crippen LogP contribution >= 0.6 is 23.2 Å². The van der Waals surface area contributed by atoms with Crippen LogP contribution in [0.25, 0.3) is 5.69 Å². The van der Waals surface area contributed by atoms with Gasteiger partial charge in [-0.15, -0.1) is 0 Å². The van der Waals surface area contributed by atoms with Crippen LogP contribution < -0.4 is 5.69 Å². The van der Waals surface area contributed by atoms with Gasteiger partial charge < -0.3 is 4.74 Å². The number of tetrazole rings is 1. The van der Waals surface area contributed by atoms with Crippen LogP contribution in [-0.2, 0) is 11.8 Å². The second kappa shape index (κ2) is 6.78. The fourth-order valence-electron chi connectivity index (χ4n) is 2.42. The standard InChI is InChI=1S/C15H14Cl2N4O3/c1-20-15(23)21(19-18-20)13-11(16)8-7-10(12(13)17)14(22)24-9-5-3-2-4-6-9/h5,7-8H,2-4,6H2,1H3. The normalized spacial score (nSPS) is 14.4. The molecular weight excluding hydrogens is 355 g/mol. The molecule has 0 radical (unpaired) electrons. The van der Waals surface area contributed by atoms with E-state index in [4.69, 9.17) is 27.9 Å². The van der Waals surface area contributed by atoms with Gasteiger partial charge in [0.15, 0.2) is 0 Å². The van der Waals surface area contributed by atoms with E-state index < -0.39 is 11.7 Å². The fraction of sp³-hybridized carbons (Fsp3) is 0.333. The van der Waals surface area contributed by atoms with E-state index in [-0.39, 0.29) is 21.3 Å². The molecule has 0 saturated heterocycles. The number of allylic oxidation sites excluding steroid dienone is 2. The van der Waals surface area contributed by atoms with Gasteiger partial charge in [-0.3, -0.25) is 0 Å². The second-order valence-corrected chi connectivity index (χ2v) is 6.15. The number of hydrogen-bond acceptors (Lipinski definition) is 5. The average Bonchev–Trinajstić information content (AvgIpc) is 2.88. The zero-order valence-electron chi connectivity index (χ0n) is 12.8. The molecule has 0 N–H and O–H groups in total. The number of aryl methyl sites for hydroxylation is 1. The van der Waals surface area contributed by atoms with Gasteiger partial charge in [-0.2, -0.15) is 9.36 Å². The first-order valence-electron chi connectivity index (χ1n) is 7.37. The average molecular weight is 369 g/mol. The van der Waals surface area contributed by atoms with Crippen molar-refractivity contribution in [1.82, 2.24) is 19.8 Å². The first-order valence-corrected chi connectivity index (χ1v) is 8.13. The second-order valence-electron chi connectivity index (χ2n) is 5.36. The van der Waals surface area contributed by atoms with E-state index in [1.807, 2.05) is 6.08 Å². The minimum Gasteiger partial charge on any atom is -0.428 e. The van der Waals surface area contributed by atoms with Crippen LogP contribution in [0, 0.1) is 0 Å². The summed E-state index contributed by atoms with van der Waals surface area (Å²) in [5.74, 6) is 0.0403. The maximum absolute atomic E-state index is 12.4. The lowest BCUT2D eigenvalue weighted by Gasteiger charge is -2.14. The first-order chi connectivity index (χ1) is 11.5. The highest BCUT2D eigenvalue weighted by molar-refractivity contribution is 6.39. The molecule has 24 heavy (non-hydrogen) atoms. The molecule has 1 heterocycles. The van der Waals surface area contributed by atoms with Crippen molar-refractivity contribution in [3.63, 3.8) is 0 Å². The highest BCUT2D eigenvalue weighted by atomic mass is 35.5. The van der Waals surface area contributed by atoms with E-state index >= 15 is 0 Å². The summed E-state index contributed by atoms with van der Waals surface area (Å²) in [6, 6.07) is 2.93. The molecule has 7 nitrogen and oxygen atoms in total. The molecule has 0 spiro atoms. The molecule has 3 rings (SSSR count). The molecule has 1 aliphatic rings. The Morgan fingerprint density at radius 2 is 2.04 bits per heavy atom. The van der Waals surface area contributed by atoms with Crippen LogP contribution in [0.4, 0.5) is 0 Å². The minimum absolute atomic E-state index is 0.00786. The van der Waals surface area contributed by atoms with Crippen molar-refractivity contribution in [1.29, 1.82) is 0 Å². The molecular formula is C15H14Cl2N4O3. The Bertz CT molecular complexity index is 885. The topological polar surface area (TPSA) is 79.0 Å². The van der Waals surface area contributed by atoms with Gasteiger partial charge in [0.2, 0.25) is 0 Å². The number of nitrogens with zero attached hydrogens (tertiary/aromatic N) is 4. The quantitative estimate of drug-likeness (QED) is 0.778. The van der Waals surface area contributed by atoms with Gasteiger partial charge in [-0.05, 0) is 47.9 Å². The van der Waals surface area contributed by atoms with Crippen LogP contribution in [-0.4, -0.2) is 25.8 Å². The van der Waals surface area contributed by atoms with Crippen molar-refractivity contribution in [3.05, 3.63) is 50.1 Å². The van der Waals surface area contributed by atoms with Crippen LogP contribution in [0.1, 0.15) is 36.0 Å². The molecule has 0 bridgehead atoms. The summed E-state index contributed by atoms with van der Waals surface area (Å²) in [6.07, 6.45) is 5.57. The molecule has 0 aliphatic heterocycles. The predicted octanol–water partition coefficient (Wildman–Crippen LogP) is 2.89. The van der Waals surface area contributed by atoms with Crippen molar-refractivity contribution < 1.29 is 9.53 Å². The van der Waals surface area contributed by atoms with Crippen molar-refractivity contribution in [2.75, 3.05) is 0 Å². The smallest absolute Gasteiger partial charge is 0.368 e. The number of ether oxygens (including phenoxy) is 1. The molecule has 0 unspecified atom stereocenters. The molecule has 0 amide bonds. The molecule has 126 valence electrons. The summed E-state index contributed by atoms with van der Waals surface area (Å²) >= 11 is 12.4. The highest BCUT2D eigenvalue weighted by Gasteiger charge is 2.22. The number of hydrogen-bond donors (Lipinski definition) is 0. The van der Waals surface area contributed by atoms with E-state index in [1.165, 1.54) is 19.2 Å². The molecule has 0 saturated carbocycles. The Morgan fingerprint density at radius 3 is 2.67 bits per heavy atom. The zero-order valence-corrected chi connectivity index (χ0v) is 14.3. The van der Waals surface area contributed by atoms with Crippen LogP contribution in [0.3, 0.4) is 0 Å². The summed E-state index contributed by atoms with van der Waals surface area (Å²) in [6.45, 7) is 0. The maximum atomic E-state index is 12.4. The molecule has 2 aromatic rings. The lowest BCUT2D eigenvalue weighted by atomic mass is 10.1. The number of benzene rings is 1. The number of aromatic nitrogens is 4. The molecule has 0 fully saturated rings. The van der Waals surface area contributed by atoms with Crippen LogP contribution in [0.2, 0.25) is 10.0 Å². The summed E-state index contributed by atoms with van der Waals surface area (Å²) < 4.78 is 7.37. The number of rotatable bonds is 3. The molecule has 1 aromatic carbocycles. The summed E-state index contributed by atoms with van der Waals surface area (Å²) in [5, 5.41) is 7.49. The first kappa shape index (κ1) is 16.7. The largest absolute Gasteiger partial charge is 0.428 e. The zero-order chi connectivity index (χ0) is 17.3. The minimum atomic E-state index is -0.594. The SMILES string of the molecule is Cn1nnn(-c2c(Cl)ccc(C(=O)OC3=CCCCC3)c2Cl)c1=O. The highest BCUT2D eigenvalue weighted by Crippen LogP contribution is 2.31. The van der Waals surface area contributed by atoms with Crippen LogP contribution in [0.5, 0.6) is 0 Å².